The summed E-state index contributed by atoms with van der Waals surface area (Å²) in [5.41, 5.74) is 1.29. The molecule has 5 aromatic rings. The molecule has 0 saturated heterocycles. The van der Waals surface area contributed by atoms with Gasteiger partial charge in [0, 0.05) is 33.8 Å². The number of hydrogen-bond acceptors (Lipinski definition) is 4. The van der Waals surface area contributed by atoms with Crippen LogP contribution in [0.2, 0.25) is 0 Å². The van der Waals surface area contributed by atoms with Crippen molar-refractivity contribution in [2.75, 3.05) is 0 Å². The Morgan fingerprint density at radius 1 is 0.577 bits per heavy atom. The minimum Gasteiger partial charge on any atom is -0.144 e. The third-order valence-corrected chi connectivity index (χ3v) is 8.51. The molecule has 0 spiro atoms. The molecule has 0 fully saturated rings. The smallest absolute Gasteiger partial charge is 0.0463 e. The zero-order valence-electron chi connectivity index (χ0n) is 13.7. The van der Waals surface area contributed by atoms with Crippen LogP contribution in [-0.4, -0.2) is 0 Å². The van der Waals surface area contributed by atoms with Crippen LogP contribution in [0.15, 0.2) is 72.1 Å². The normalized spacial score (nSPS) is 11.7. The topological polar surface area (TPSA) is 0 Å². The number of fused-ring (bicyclic) bond motifs is 1. The van der Waals surface area contributed by atoms with Crippen LogP contribution >= 0.6 is 45.3 Å². The van der Waals surface area contributed by atoms with Crippen molar-refractivity contribution < 1.29 is 0 Å². The monoisotopic (exact) mass is 406 g/mol. The number of hydrogen-bond donors (Lipinski definition) is 0. The molecule has 0 aliphatic carbocycles. The maximum atomic E-state index is 2.34. The van der Waals surface area contributed by atoms with E-state index in [-0.39, 0.29) is 0 Å². The van der Waals surface area contributed by atoms with E-state index in [1.165, 1.54) is 39.3 Å². The van der Waals surface area contributed by atoms with Crippen molar-refractivity contribution in [2.24, 2.45) is 0 Å². The molecular weight excluding hydrogens is 393 g/mol. The summed E-state index contributed by atoms with van der Waals surface area (Å²) in [6.07, 6.45) is 4.42. The highest BCUT2D eigenvalue weighted by atomic mass is 32.1. The number of thiophene rings is 4. The summed E-state index contributed by atoms with van der Waals surface area (Å²) in [6.45, 7) is 0. The van der Waals surface area contributed by atoms with Crippen molar-refractivity contribution in [3.8, 4) is 20.2 Å². The second-order valence-electron chi connectivity index (χ2n) is 5.87. The van der Waals surface area contributed by atoms with E-state index in [1.54, 1.807) is 11.3 Å². The van der Waals surface area contributed by atoms with Gasteiger partial charge in [-0.1, -0.05) is 36.4 Å². The maximum absolute atomic E-state index is 2.34. The van der Waals surface area contributed by atoms with E-state index >= 15 is 0 Å². The van der Waals surface area contributed by atoms with Crippen LogP contribution in [0.1, 0.15) is 9.75 Å². The Labute approximate surface area is 168 Å². The van der Waals surface area contributed by atoms with Crippen LogP contribution in [0.3, 0.4) is 0 Å². The quantitative estimate of drug-likeness (QED) is 0.280. The van der Waals surface area contributed by atoms with E-state index in [9.17, 15) is 0 Å². The zero-order chi connectivity index (χ0) is 17.3. The summed E-state index contributed by atoms with van der Waals surface area (Å²) in [6, 6.07) is 24.0. The lowest BCUT2D eigenvalue weighted by Crippen LogP contribution is -1.67. The van der Waals surface area contributed by atoms with E-state index < -0.39 is 0 Å². The molecule has 126 valence electrons. The van der Waals surface area contributed by atoms with Gasteiger partial charge in [-0.3, -0.25) is 0 Å². The van der Waals surface area contributed by atoms with Crippen molar-refractivity contribution in [3.05, 3.63) is 81.9 Å². The molecule has 0 unspecified atom stereocenters. The zero-order valence-corrected chi connectivity index (χ0v) is 17.0. The van der Waals surface area contributed by atoms with E-state index in [2.05, 4.69) is 84.3 Å². The predicted molar refractivity (Wildman–Crippen MR) is 122 cm³/mol. The summed E-state index contributed by atoms with van der Waals surface area (Å²) < 4.78 is 2.76. The minimum atomic E-state index is 1.29. The molecule has 1 aromatic carbocycles. The standard InChI is InChI=1S/C22H14S4/c1-2-5-15(6-3-1)18-10-11-19(25-18)21-14-22-20(26-21)13-17(24-22)9-8-16-7-4-12-23-16/h1-14H. The Kier molecular flexibility index (Phi) is 4.35. The van der Waals surface area contributed by atoms with Crippen LogP contribution < -0.4 is 0 Å². The lowest BCUT2D eigenvalue weighted by molar-refractivity contribution is 1.70. The van der Waals surface area contributed by atoms with Crippen LogP contribution in [-0.2, 0) is 0 Å². The molecule has 0 aliphatic rings. The SMILES string of the molecule is C(=Cc1cc2sc(-c3ccc(-c4ccccc4)s3)cc2s1)c1cccs1. The molecule has 4 aromatic heterocycles. The Morgan fingerprint density at radius 2 is 1.38 bits per heavy atom. The molecule has 5 rings (SSSR count). The summed E-state index contributed by atoms with van der Waals surface area (Å²) in [5, 5.41) is 2.11. The molecule has 0 N–H and O–H groups in total. The van der Waals surface area contributed by atoms with Crippen molar-refractivity contribution in [1.29, 1.82) is 0 Å². The first-order valence-corrected chi connectivity index (χ1v) is 11.6. The van der Waals surface area contributed by atoms with Gasteiger partial charge < -0.3 is 0 Å². The third kappa shape index (κ3) is 3.21. The van der Waals surface area contributed by atoms with Gasteiger partial charge in [-0.25, -0.2) is 0 Å². The van der Waals surface area contributed by atoms with Crippen molar-refractivity contribution in [2.45, 2.75) is 0 Å². The van der Waals surface area contributed by atoms with Gasteiger partial charge in [0.2, 0.25) is 0 Å². The molecule has 0 radical (unpaired) electrons. The number of rotatable bonds is 4. The molecule has 26 heavy (non-hydrogen) atoms. The molecule has 0 atom stereocenters. The highest BCUT2D eigenvalue weighted by molar-refractivity contribution is 7.31. The van der Waals surface area contributed by atoms with Gasteiger partial charge in [0.15, 0.2) is 0 Å². The Bertz CT molecular complexity index is 1140. The fourth-order valence-corrected chi connectivity index (χ4v) is 6.86. The predicted octanol–water partition coefficient (Wildman–Crippen LogP) is 8.59. The molecule has 0 aliphatic heterocycles. The summed E-state index contributed by atoms with van der Waals surface area (Å²) in [5.74, 6) is 0. The first-order chi connectivity index (χ1) is 12.8. The highest BCUT2D eigenvalue weighted by Gasteiger charge is 2.10. The Balaban J connectivity index is 1.42. The van der Waals surface area contributed by atoms with Gasteiger partial charge in [0.25, 0.3) is 0 Å². The fourth-order valence-electron chi connectivity index (χ4n) is 2.84. The molecule has 0 saturated carbocycles. The van der Waals surface area contributed by atoms with E-state index in [1.807, 2.05) is 34.0 Å². The van der Waals surface area contributed by atoms with E-state index in [0.717, 1.165) is 0 Å². The van der Waals surface area contributed by atoms with Gasteiger partial charge in [0.1, 0.15) is 0 Å². The second-order valence-corrected chi connectivity index (χ2v) is 10.1. The highest BCUT2D eigenvalue weighted by Crippen LogP contribution is 2.42. The van der Waals surface area contributed by atoms with Crippen molar-refractivity contribution in [3.63, 3.8) is 0 Å². The maximum Gasteiger partial charge on any atom is 0.0463 e. The van der Waals surface area contributed by atoms with Crippen LogP contribution in [0, 0.1) is 0 Å². The fraction of sp³-hybridized carbons (Fsp3) is 0. The molecule has 0 bridgehead atoms. The minimum absolute atomic E-state index is 1.29. The van der Waals surface area contributed by atoms with E-state index in [4.69, 9.17) is 0 Å². The van der Waals surface area contributed by atoms with Crippen molar-refractivity contribution >= 4 is 66.9 Å². The molecule has 4 heteroatoms. The van der Waals surface area contributed by atoms with Gasteiger partial charge in [0.05, 0.1) is 0 Å². The first-order valence-electron chi connectivity index (χ1n) is 8.26. The van der Waals surface area contributed by atoms with Crippen LogP contribution in [0.4, 0.5) is 0 Å². The van der Waals surface area contributed by atoms with Crippen molar-refractivity contribution in [1.82, 2.24) is 0 Å². The van der Waals surface area contributed by atoms with Gasteiger partial charge in [-0.15, -0.1) is 45.3 Å². The largest absolute Gasteiger partial charge is 0.144 e. The Hall–Kier alpha value is -1.98. The molecule has 4 heterocycles. The lowest BCUT2D eigenvalue weighted by Gasteiger charge is -1.95. The second kappa shape index (κ2) is 6.97. The summed E-state index contributed by atoms with van der Waals surface area (Å²) in [4.78, 5) is 6.67. The van der Waals surface area contributed by atoms with Gasteiger partial charge in [-0.05, 0) is 53.4 Å². The average molecular weight is 407 g/mol. The lowest BCUT2D eigenvalue weighted by atomic mass is 10.2. The third-order valence-electron chi connectivity index (χ3n) is 4.09. The summed E-state index contributed by atoms with van der Waals surface area (Å²) >= 11 is 7.41. The van der Waals surface area contributed by atoms with Gasteiger partial charge in [-0.2, -0.15) is 0 Å². The molecular formula is C22H14S4. The first kappa shape index (κ1) is 16.2. The molecule has 0 amide bonds. The van der Waals surface area contributed by atoms with E-state index in [0.29, 0.717) is 0 Å². The van der Waals surface area contributed by atoms with Crippen LogP contribution in [0.5, 0.6) is 0 Å². The summed E-state index contributed by atoms with van der Waals surface area (Å²) in [7, 11) is 0. The average Bonchev–Trinajstić information content (AvgIpc) is 3.43. The Morgan fingerprint density at radius 3 is 2.19 bits per heavy atom. The van der Waals surface area contributed by atoms with Crippen LogP contribution in [0.25, 0.3) is 41.7 Å². The number of benzene rings is 1. The molecule has 0 nitrogen and oxygen atoms in total. The van der Waals surface area contributed by atoms with Gasteiger partial charge >= 0.3 is 0 Å².